The van der Waals surface area contributed by atoms with Gasteiger partial charge in [-0.3, -0.25) is 0 Å². The second kappa shape index (κ2) is 5.50. The summed E-state index contributed by atoms with van der Waals surface area (Å²) in [5.41, 5.74) is 1.41. The first-order chi connectivity index (χ1) is 7.34. The molecule has 0 nitrogen and oxygen atoms in total. The van der Waals surface area contributed by atoms with E-state index < -0.39 is 0 Å². The summed E-state index contributed by atoms with van der Waals surface area (Å²) in [6.07, 6.45) is 0. The zero-order valence-electron chi connectivity index (χ0n) is 8.19. The Morgan fingerprint density at radius 2 is 1.73 bits per heavy atom. The minimum absolute atomic E-state index is 0.544. The maximum atomic E-state index is 3.50. The van der Waals surface area contributed by atoms with Crippen LogP contribution < -0.4 is 4.46 Å². The van der Waals surface area contributed by atoms with E-state index in [0.717, 1.165) is 5.32 Å². The molecule has 0 aromatic heterocycles. The van der Waals surface area contributed by atoms with E-state index in [4.69, 9.17) is 0 Å². The van der Waals surface area contributed by atoms with Gasteiger partial charge in [-0.1, -0.05) is 0 Å². The van der Waals surface area contributed by atoms with E-state index in [1.165, 1.54) is 14.5 Å². The number of hydrogen-bond acceptors (Lipinski definition) is 0. The molecule has 0 unspecified atom stereocenters. The third-order valence-electron chi connectivity index (χ3n) is 2.04. The molecule has 0 bridgehead atoms. The maximum absolute atomic E-state index is 3.50. The summed E-state index contributed by atoms with van der Waals surface area (Å²) in [4.78, 5) is 0. The summed E-state index contributed by atoms with van der Waals surface area (Å²) < 4.78 is 2.63. The summed E-state index contributed by atoms with van der Waals surface area (Å²) >= 11 is 4.04. The van der Waals surface area contributed by atoms with Gasteiger partial charge in [-0.15, -0.1) is 0 Å². The van der Waals surface area contributed by atoms with Crippen molar-refractivity contribution in [1.82, 2.24) is 0 Å². The standard InChI is InChI=1S/C13H11BrSe/c14-12-6-4-5-11(9-12)10-15-13-7-2-1-3-8-13/h1-9H,10H2. The Morgan fingerprint density at radius 3 is 2.47 bits per heavy atom. The van der Waals surface area contributed by atoms with E-state index in [0.29, 0.717) is 15.0 Å². The van der Waals surface area contributed by atoms with Gasteiger partial charge in [0.15, 0.2) is 0 Å². The zero-order valence-corrected chi connectivity index (χ0v) is 11.5. The fourth-order valence-corrected chi connectivity index (χ4v) is 3.57. The Bertz CT molecular complexity index is 426. The van der Waals surface area contributed by atoms with Crippen molar-refractivity contribution in [1.29, 1.82) is 0 Å². The third kappa shape index (κ3) is 3.49. The van der Waals surface area contributed by atoms with Gasteiger partial charge in [0.2, 0.25) is 0 Å². The second-order valence-corrected chi connectivity index (χ2v) is 6.35. The van der Waals surface area contributed by atoms with Crippen molar-refractivity contribution in [2.45, 2.75) is 5.32 Å². The van der Waals surface area contributed by atoms with Gasteiger partial charge >= 0.3 is 105 Å². The van der Waals surface area contributed by atoms with Gasteiger partial charge in [-0.2, -0.15) is 0 Å². The van der Waals surface area contributed by atoms with Crippen LogP contribution in [0.1, 0.15) is 5.56 Å². The molecule has 2 heteroatoms. The van der Waals surface area contributed by atoms with E-state index in [1.807, 2.05) is 0 Å². The van der Waals surface area contributed by atoms with Gasteiger partial charge in [0.25, 0.3) is 0 Å². The Balaban J connectivity index is 1.99. The Morgan fingerprint density at radius 1 is 0.933 bits per heavy atom. The number of hydrogen-bond donors (Lipinski definition) is 0. The van der Waals surface area contributed by atoms with Gasteiger partial charge < -0.3 is 0 Å². The van der Waals surface area contributed by atoms with Crippen LogP contribution in [0.25, 0.3) is 0 Å². The van der Waals surface area contributed by atoms with E-state index in [1.54, 1.807) is 0 Å². The number of rotatable bonds is 3. The van der Waals surface area contributed by atoms with Crippen LogP contribution in [0.3, 0.4) is 0 Å². The summed E-state index contributed by atoms with van der Waals surface area (Å²) in [5, 5.41) is 1.16. The monoisotopic (exact) mass is 326 g/mol. The van der Waals surface area contributed by atoms with Crippen LogP contribution in [0.15, 0.2) is 59.1 Å². The van der Waals surface area contributed by atoms with Crippen molar-refractivity contribution >= 4 is 35.3 Å². The average molecular weight is 326 g/mol. The third-order valence-corrected chi connectivity index (χ3v) is 4.80. The van der Waals surface area contributed by atoms with Gasteiger partial charge in [0, 0.05) is 0 Å². The van der Waals surface area contributed by atoms with Crippen molar-refractivity contribution in [3.05, 3.63) is 64.6 Å². The quantitative estimate of drug-likeness (QED) is 0.761. The SMILES string of the molecule is Brc1cccc(C[Se]c2ccccc2)c1. The van der Waals surface area contributed by atoms with Crippen LogP contribution >= 0.6 is 15.9 Å². The predicted octanol–water partition coefficient (Wildman–Crippen LogP) is 2.98. The predicted molar refractivity (Wildman–Crippen MR) is 69.7 cm³/mol. The normalized spacial score (nSPS) is 10.2. The van der Waals surface area contributed by atoms with Crippen molar-refractivity contribution in [2.75, 3.05) is 0 Å². The average Bonchev–Trinajstić information content (AvgIpc) is 2.28. The molecule has 2 aromatic rings. The van der Waals surface area contributed by atoms with Crippen molar-refractivity contribution in [2.24, 2.45) is 0 Å². The Hall–Kier alpha value is -0.561. The Labute approximate surface area is 105 Å². The minimum atomic E-state index is 0.544. The molecular weight excluding hydrogens is 315 g/mol. The first-order valence-corrected chi connectivity index (χ1v) is 7.63. The summed E-state index contributed by atoms with van der Waals surface area (Å²) in [7, 11) is 0. The molecule has 0 heterocycles. The summed E-state index contributed by atoms with van der Waals surface area (Å²) in [5.74, 6) is 0. The van der Waals surface area contributed by atoms with Gasteiger partial charge in [0.1, 0.15) is 0 Å². The molecule has 0 saturated heterocycles. The van der Waals surface area contributed by atoms with Gasteiger partial charge in [0.05, 0.1) is 0 Å². The van der Waals surface area contributed by atoms with Crippen LogP contribution in [0, 0.1) is 0 Å². The second-order valence-electron chi connectivity index (χ2n) is 3.23. The molecule has 76 valence electrons. The van der Waals surface area contributed by atoms with Gasteiger partial charge in [-0.05, 0) is 0 Å². The fourth-order valence-electron chi connectivity index (χ4n) is 1.31. The molecule has 2 aromatic carbocycles. The molecule has 0 spiro atoms. The van der Waals surface area contributed by atoms with Crippen LogP contribution in [-0.2, 0) is 5.32 Å². The van der Waals surface area contributed by atoms with Gasteiger partial charge in [-0.25, -0.2) is 0 Å². The molecule has 15 heavy (non-hydrogen) atoms. The molecule has 0 amide bonds. The molecule has 2 rings (SSSR count). The Kier molecular flexibility index (Phi) is 4.01. The molecule has 0 N–H and O–H groups in total. The van der Waals surface area contributed by atoms with Crippen LogP contribution in [0.5, 0.6) is 0 Å². The first kappa shape index (κ1) is 10.9. The number of benzene rings is 2. The molecule has 0 aliphatic carbocycles. The first-order valence-electron chi connectivity index (χ1n) is 4.77. The fraction of sp³-hybridized carbons (Fsp3) is 0.0769. The molecule has 0 aliphatic rings. The molecule has 0 atom stereocenters. The van der Waals surface area contributed by atoms with E-state index in [-0.39, 0.29) is 0 Å². The van der Waals surface area contributed by atoms with E-state index in [2.05, 4.69) is 70.5 Å². The van der Waals surface area contributed by atoms with E-state index >= 15 is 0 Å². The molecule has 0 aliphatic heterocycles. The molecule has 0 fully saturated rings. The van der Waals surface area contributed by atoms with Crippen molar-refractivity contribution in [3.8, 4) is 0 Å². The molecular formula is C13H11BrSe. The zero-order chi connectivity index (χ0) is 10.5. The summed E-state index contributed by atoms with van der Waals surface area (Å²) in [6, 6.07) is 19.3. The van der Waals surface area contributed by atoms with Crippen LogP contribution in [0.2, 0.25) is 0 Å². The van der Waals surface area contributed by atoms with E-state index in [9.17, 15) is 0 Å². The number of halogens is 1. The van der Waals surface area contributed by atoms with Crippen LogP contribution in [-0.4, -0.2) is 15.0 Å². The van der Waals surface area contributed by atoms with Crippen LogP contribution in [0.4, 0.5) is 0 Å². The van der Waals surface area contributed by atoms with Crippen molar-refractivity contribution < 1.29 is 0 Å². The molecule has 0 saturated carbocycles. The van der Waals surface area contributed by atoms with Crippen molar-refractivity contribution in [3.63, 3.8) is 0 Å². The molecule has 0 radical (unpaired) electrons. The summed E-state index contributed by atoms with van der Waals surface area (Å²) in [6.45, 7) is 0. The topological polar surface area (TPSA) is 0 Å².